The van der Waals surface area contributed by atoms with E-state index in [1.807, 2.05) is 0 Å². The fraction of sp³-hybridized carbons (Fsp3) is 0.909. The van der Waals surface area contributed by atoms with E-state index in [1.54, 1.807) is 0 Å². The number of morpholine rings is 1. The zero-order valence-electron chi connectivity index (χ0n) is 10.3. The van der Waals surface area contributed by atoms with E-state index in [2.05, 4.69) is 37.6 Å². The maximum absolute atomic E-state index is 5.94. The summed E-state index contributed by atoms with van der Waals surface area (Å²) in [5, 5.41) is 0. The quantitative estimate of drug-likeness (QED) is 0.551. The molecule has 1 fully saturated rings. The predicted molar refractivity (Wildman–Crippen MR) is 62.9 cm³/mol. The molecule has 0 saturated carbocycles. The lowest BCUT2D eigenvalue weighted by Crippen LogP contribution is -2.53. The molecule has 1 heterocycles. The largest absolute Gasteiger partial charge is 0.372 e. The molecule has 0 aliphatic carbocycles. The molecule has 0 aromatic heterocycles. The van der Waals surface area contributed by atoms with Crippen LogP contribution in [-0.4, -0.2) is 42.7 Å². The lowest BCUT2D eigenvalue weighted by atomic mass is 10.1. The molecular formula is C11H23N3O. The summed E-state index contributed by atoms with van der Waals surface area (Å²) in [6.45, 7) is 11.6. The van der Waals surface area contributed by atoms with Crippen molar-refractivity contribution in [3.05, 3.63) is 0 Å². The van der Waals surface area contributed by atoms with Gasteiger partial charge in [-0.3, -0.25) is 4.99 Å². The maximum Gasteiger partial charge on any atom is 0.191 e. The van der Waals surface area contributed by atoms with Gasteiger partial charge in [0.05, 0.1) is 12.2 Å². The first-order valence-corrected chi connectivity index (χ1v) is 5.59. The van der Waals surface area contributed by atoms with E-state index >= 15 is 0 Å². The Morgan fingerprint density at radius 2 is 2.20 bits per heavy atom. The first kappa shape index (κ1) is 12.3. The van der Waals surface area contributed by atoms with Gasteiger partial charge < -0.3 is 15.4 Å². The Kier molecular flexibility index (Phi) is 3.97. The lowest BCUT2D eigenvalue weighted by Gasteiger charge is -2.38. The van der Waals surface area contributed by atoms with Crippen molar-refractivity contribution in [2.75, 3.05) is 26.2 Å². The van der Waals surface area contributed by atoms with Gasteiger partial charge in [0.2, 0.25) is 0 Å². The average Bonchev–Trinajstić information content (AvgIpc) is 2.12. The Hall–Kier alpha value is -0.770. The van der Waals surface area contributed by atoms with Crippen LogP contribution in [0.3, 0.4) is 0 Å². The summed E-state index contributed by atoms with van der Waals surface area (Å²) >= 11 is 0. The highest BCUT2D eigenvalue weighted by Crippen LogP contribution is 2.15. The lowest BCUT2D eigenvalue weighted by molar-refractivity contribution is -0.0680. The number of ether oxygens (including phenoxy) is 1. The van der Waals surface area contributed by atoms with Gasteiger partial charge in [0.1, 0.15) is 0 Å². The summed E-state index contributed by atoms with van der Waals surface area (Å²) in [4.78, 5) is 6.48. The van der Waals surface area contributed by atoms with Gasteiger partial charge >= 0.3 is 0 Å². The number of guanidine groups is 1. The fourth-order valence-corrected chi connectivity index (χ4v) is 1.59. The standard InChI is InChI=1S/C11H23N3O/c1-9(2)7-13-10(12)14-5-6-15-11(3,4)8-14/h9H,5-8H2,1-4H3,(H2,12,13). The normalized spacial score (nSPS) is 22.2. The smallest absolute Gasteiger partial charge is 0.191 e. The highest BCUT2D eigenvalue weighted by molar-refractivity contribution is 5.78. The summed E-state index contributed by atoms with van der Waals surface area (Å²) in [6, 6.07) is 0. The van der Waals surface area contributed by atoms with Crippen molar-refractivity contribution in [3.63, 3.8) is 0 Å². The summed E-state index contributed by atoms with van der Waals surface area (Å²) in [5.41, 5.74) is 5.82. The van der Waals surface area contributed by atoms with Crippen LogP contribution in [0.1, 0.15) is 27.7 Å². The third-order valence-electron chi connectivity index (χ3n) is 2.37. The number of rotatable bonds is 2. The Labute approximate surface area is 92.5 Å². The van der Waals surface area contributed by atoms with Crippen molar-refractivity contribution >= 4 is 5.96 Å². The van der Waals surface area contributed by atoms with Gasteiger partial charge in [0, 0.05) is 19.6 Å². The summed E-state index contributed by atoms with van der Waals surface area (Å²) in [5.74, 6) is 1.21. The second kappa shape index (κ2) is 4.84. The van der Waals surface area contributed by atoms with Crippen molar-refractivity contribution in [2.45, 2.75) is 33.3 Å². The van der Waals surface area contributed by atoms with E-state index in [-0.39, 0.29) is 5.60 Å². The molecule has 1 aliphatic heterocycles. The van der Waals surface area contributed by atoms with Crippen LogP contribution in [0, 0.1) is 5.92 Å². The molecular weight excluding hydrogens is 190 g/mol. The van der Waals surface area contributed by atoms with Gasteiger partial charge in [-0.25, -0.2) is 0 Å². The van der Waals surface area contributed by atoms with Crippen LogP contribution < -0.4 is 5.73 Å². The van der Waals surface area contributed by atoms with Crippen LogP contribution in [0.5, 0.6) is 0 Å². The van der Waals surface area contributed by atoms with Crippen molar-refractivity contribution in [1.82, 2.24) is 4.90 Å². The Morgan fingerprint density at radius 3 is 2.73 bits per heavy atom. The molecule has 2 N–H and O–H groups in total. The third kappa shape index (κ3) is 4.08. The molecule has 4 heteroatoms. The van der Waals surface area contributed by atoms with Crippen LogP contribution in [0.15, 0.2) is 4.99 Å². The molecule has 0 spiro atoms. The minimum atomic E-state index is -0.115. The van der Waals surface area contributed by atoms with Gasteiger partial charge in [0.15, 0.2) is 5.96 Å². The Balaban J connectivity index is 2.52. The third-order valence-corrected chi connectivity index (χ3v) is 2.37. The molecule has 0 aromatic carbocycles. The van der Waals surface area contributed by atoms with Gasteiger partial charge in [-0.1, -0.05) is 13.8 Å². The van der Waals surface area contributed by atoms with Crippen LogP contribution in [0.25, 0.3) is 0 Å². The monoisotopic (exact) mass is 213 g/mol. The van der Waals surface area contributed by atoms with Crippen molar-refractivity contribution < 1.29 is 4.74 Å². The van der Waals surface area contributed by atoms with E-state index in [0.717, 1.165) is 26.2 Å². The maximum atomic E-state index is 5.94. The number of nitrogens with zero attached hydrogens (tertiary/aromatic N) is 2. The van der Waals surface area contributed by atoms with Crippen molar-refractivity contribution in [3.8, 4) is 0 Å². The second-order valence-corrected chi connectivity index (χ2v) is 5.12. The Bertz CT molecular complexity index is 236. The molecule has 1 rings (SSSR count). The van der Waals surface area contributed by atoms with Gasteiger partial charge in [-0.05, 0) is 19.8 Å². The second-order valence-electron chi connectivity index (χ2n) is 5.12. The molecule has 0 bridgehead atoms. The van der Waals surface area contributed by atoms with E-state index < -0.39 is 0 Å². The van der Waals surface area contributed by atoms with E-state index in [4.69, 9.17) is 10.5 Å². The molecule has 0 atom stereocenters. The summed E-state index contributed by atoms with van der Waals surface area (Å²) in [6.07, 6.45) is 0. The molecule has 15 heavy (non-hydrogen) atoms. The van der Waals surface area contributed by atoms with Crippen LogP contribution in [0.4, 0.5) is 0 Å². The van der Waals surface area contributed by atoms with Gasteiger partial charge in [-0.15, -0.1) is 0 Å². The minimum absolute atomic E-state index is 0.115. The van der Waals surface area contributed by atoms with E-state index in [9.17, 15) is 0 Å². The molecule has 0 radical (unpaired) electrons. The number of nitrogens with two attached hydrogens (primary N) is 1. The number of hydrogen-bond acceptors (Lipinski definition) is 2. The molecule has 0 unspecified atom stereocenters. The number of hydrogen-bond donors (Lipinski definition) is 1. The molecule has 88 valence electrons. The van der Waals surface area contributed by atoms with E-state index in [1.165, 1.54) is 0 Å². The van der Waals surface area contributed by atoms with Crippen molar-refractivity contribution in [1.29, 1.82) is 0 Å². The first-order chi connectivity index (χ1) is 6.91. The molecule has 1 saturated heterocycles. The first-order valence-electron chi connectivity index (χ1n) is 5.59. The molecule has 4 nitrogen and oxygen atoms in total. The average molecular weight is 213 g/mol. The minimum Gasteiger partial charge on any atom is -0.372 e. The zero-order valence-corrected chi connectivity index (χ0v) is 10.3. The predicted octanol–water partition coefficient (Wildman–Crippen LogP) is 1.07. The molecule has 0 amide bonds. The summed E-state index contributed by atoms with van der Waals surface area (Å²) in [7, 11) is 0. The molecule has 1 aliphatic rings. The number of aliphatic imine (C=N–C) groups is 1. The zero-order chi connectivity index (χ0) is 11.5. The van der Waals surface area contributed by atoms with Gasteiger partial charge in [-0.2, -0.15) is 0 Å². The molecule has 0 aromatic rings. The van der Waals surface area contributed by atoms with Gasteiger partial charge in [0.25, 0.3) is 0 Å². The van der Waals surface area contributed by atoms with Crippen LogP contribution in [-0.2, 0) is 4.74 Å². The fourth-order valence-electron chi connectivity index (χ4n) is 1.59. The van der Waals surface area contributed by atoms with Crippen LogP contribution in [0.2, 0.25) is 0 Å². The van der Waals surface area contributed by atoms with Crippen LogP contribution >= 0.6 is 0 Å². The topological polar surface area (TPSA) is 50.8 Å². The highest BCUT2D eigenvalue weighted by atomic mass is 16.5. The Morgan fingerprint density at radius 1 is 1.53 bits per heavy atom. The summed E-state index contributed by atoms with van der Waals surface area (Å²) < 4.78 is 5.62. The SMILES string of the molecule is CC(C)CN=C(N)N1CCOC(C)(C)C1. The van der Waals surface area contributed by atoms with Crippen molar-refractivity contribution in [2.24, 2.45) is 16.6 Å². The van der Waals surface area contributed by atoms with E-state index in [0.29, 0.717) is 11.9 Å². The highest BCUT2D eigenvalue weighted by Gasteiger charge is 2.27.